The highest BCUT2D eigenvalue weighted by molar-refractivity contribution is 7.80. The first-order valence-corrected chi connectivity index (χ1v) is 5.97. The summed E-state index contributed by atoms with van der Waals surface area (Å²) in [5, 5.41) is 14.4. The van der Waals surface area contributed by atoms with Crippen molar-refractivity contribution in [3.05, 3.63) is 0 Å². The van der Waals surface area contributed by atoms with Crippen molar-refractivity contribution in [2.75, 3.05) is 26.0 Å². The summed E-state index contributed by atoms with van der Waals surface area (Å²) in [7, 11) is 1.50. The maximum absolute atomic E-state index is 11.6. The lowest BCUT2D eigenvalue weighted by molar-refractivity contribution is -0.127. The quantitative estimate of drug-likeness (QED) is 0.421. The van der Waals surface area contributed by atoms with Gasteiger partial charge in [-0.05, 0) is 6.42 Å². The SMILES string of the molecule is COCC(O)CCNC(=O)C(CS)NC(C)=O. The maximum atomic E-state index is 11.6. The van der Waals surface area contributed by atoms with Gasteiger partial charge < -0.3 is 20.5 Å². The van der Waals surface area contributed by atoms with Crippen LogP contribution in [0.25, 0.3) is 0 Å². The van der Waals surface area contributed by atoms with Crippen LogP contribution in [0.15, 0.2) is 0 Å². The second kappa shape index (κ2) is 9.26. The van der Waals surface area contributed by atoms with Crippen LogP contribution in [-0.2, 0) is 14.3 Å². The van der Waals surface area contributed by atoms with Crippen LogP contribution in [0, 0.1) is 0 Å². The van der Waals surface area contributed by atoms with Crippen LogP contribution in [0.1, 0.15) is 13.3 Å². The molecule has 6 nitrogen and oxygen atoms in total. The van der Waals surface area contributed by atoms with E-state index in [0.29, 0.717) is 13.0 Å². The zero-order valence-corrected chi connectivity index (χ0v) is 11.0. The van der Waals surface area contributed by atoms with Crippen LogP contribution in [-0.4, -0.2) is 55.1 Å². The molecule has 3 N–H and O–H groups in total. The monoisotopic (exact) mass is 264 g/mol. The molecule has 0 aliphatic rings. The summed E-state index contributed by atoms with van der Waals surface area (Å²) in [6.07, 6.45) is -0.200. The number of carbonyl (C=O) groups is 2. The standard InChI is InChI=1S/C10H20N2O4S/c1-7(13)12-9(6-17)10(15)11-4-3-8(14)5-16-2/h8-9,14,17H,3-6H2,1-2H3,(H,11,15)(H,12,13). The van der Waals surface area contributed by atoms with E-state index in [9.17, 15) is 14.7 Å². The van der Waals surface area contributed by atoms with Gasteiger partial charge in [0.2, 0.25) is 11.8 Å². The molecule has 100 valence electrons. The molecule has 0 radical (unpaired) electrons. The normalized spacial score (nSPS) is 13.9. The van der Waals surface area contributed by atoms with Crippen LogP contribution in [0.3, 0.4) is 0 Å². The number of hydrogen-bond acceptors (Lipinski definition) is 5. The highest BCUT2D eigenvalue weighted by Gasteiger charge is 2.17. The van der Waals surface area contributed by atoms with E-state index in [0.717, 1.165) is 0 Å². The highest BCUT2D eigenvalue weighted by atomic mass is 32.1. The Hall–Kier alpha value is -0.790. The van der Waals surface area contributed by atoms with E-state index in [2.05, 4.69) is 23.3 Å². The Morgan fingerprint density at radius 2 is 2.12 bits per heavy atom. The Labute approximate surface area is 107 Å². The van der Waals surface area contributed by atoms with E-state index >= 15 is 0 Å². The van der Waals surface area contributed by atoms with E-state index in [1.54, 1.807) is 0 Å². The fraction of sp³-hybridized carbons (Fsp3) is 0.800. The number of nitrogens with one attached hydrogen (secondary N) is 2. The smallest absolute Gasteiger partial charge is 0.243 e. The van der Waals surface area contributed by atoms with Crippen LogP contribution < -0.4 is 10.6 Å². The number of thiol groups is 1. The number of aliphatic hydroxyl groups is 1. The summed E-state index contributed by atoms with van der Waals surface area (Å²) >= 11 is 3.98. The number of hydrogen-bond donors (Lipinski definition) is 4. The minimum Gasteiger partial charge on any atom is -0.391 e. The molecule has 0 rings (SSSR count). The minimum atomic E-state index is -0.643. The highest BCUT2D eigenvalue weighted by Crippen LogP contribution is 1.92. The van der Waals surface area contributed by atoms with Gasteiger partial charge in [0.1, 0.15) is 6.04 Å². The molecule has 2 atom stereocenters. The zero-order chi connectivity index (χ0) is 13.3. The Morgan fingerprint density at radius 1 is 1.47 bits per heavy atom. The van der Waals surface area contributed by atoms with E-state index in [-0.39, 0.29) is 24.2 Å². The summed E-state index contributed by atoms with van der Waals surface area (Å²) in [6, 6.07) is -0.643. The van der Waals surface area contributed by atoms with Crippen LogP contribution in [0.5, 0.6) is 0 Å². The van der Waals surface area contributed by atoms with Gasteiger partial charge in [-0.2, -0.15) is 12.6 Å². The van der Waals surface area contributed by atoms with Crippen LogP contribution in [0.2, 0.25) is 0 Å². The minimum absolute atomic E-state index is 0.228. The molecule has 7 heteroatoms. The summed E-state index contributed by atoms with van der Waals surface area (Å²) in [4.78, 5) is 22.4. The molecule has 0 aromatic heterocycles. The molecule has 17 heavy (non-hydrogen) atoms. The van der Waals surface area contributed by atoms with Crippen molar-refractivity contribution in [2.45, 2.75) is 25.5 Å². The van der Waals surface area contributed by atoms with Gasteiger partial charge in [0.15, 0.2) is 0 Å². The lowest BCUT2D eigenvalue weighted by Crippen LogP contribution is -2.47. The van der Waals surface area contributed by atoms with E-state index in [1.807, 2.05) is 0 Å². The average molecular weight is 264 g/mol. The lowest BCUT2D eigenvalue weighted by atomic mass is 10.2. The molecule has 0 saturated heterocycles. The predicted octanol–water partition coefficient (Wildman–Crippen LogP) is -1.07. The molecule has 0 bridgehead atoms. The number of amides is 2. The summed E-state index contributed by atoms with van der Waals surface area (Å²) in [6.45, 7) is 1.90. The molecule has 0 aliphatic carbocycles. The Morgan fingerprint density at radius 3 is 2.59 bits per heavy atom. The van der Waals surface area contributed by atoms with Crippen LogP contribution >= 0.6 is 12.6 Å². The second-order valence-corrected chi connectivity index (χ2v) is 3.99. The molecular formula is C10H20N2O4S. The molecule has 0 fully saturated rings. The van der Waals surface area contributed by atoms with Crippen molar-refractivity contribution in [3.8, 4) is 0 Å². The molecule has 0 heterocycles. The first-order valence-electron chi connectivity index (χ1n) is 5.34. The van der Waals surface area contributed by atoms with Gasteiger partial charge in [-0.1, -0.05) is 0 Å². The van der Waals surface area contributed by atoms with Crippen molar-refractivity contribution in [2.24, 2.45) is 0 Å². The summed E-state index contributed by atoms with van der Waals surface area (Å²) in [5.74, 6) is -0.357. The van der Waals surface area contributed by atoms with Crippen LogP contribution in [0.4, 0.5) is 0 Å². The molecular weight excluding hydrogens is 244 g/mol. The molecule has 0 aromatic rings. The van der Waals surface area contributed by atoms with Gasteiger partial charge in [0.05, 0.1) is 12.7 Å². The maximum Gasteiger partial charge on any atom is 0.243 e. The van der Waals surface area contributed by atoms with Crippen molar-refractivity contribution < 1.29 is 19.4 Å². The molecule has 0 aromatic carbocycles. The summed E-state index contributed by atoms with van der Waals surface area (Å²) in [5.41, 5.74) is 0. The van der Waals surface area contributed by atoms with Gasteiger partial charge in [0.25, 0.3) is 0 Å². The molecule has 0 spiro atoms. The Balaban J connectivity index is 3.86. The van der Waals surface area contributed by atoms with E-state index in [4.69, 9.17) is 4.74 Å². The van der Waals surface area contributed by atoms with Gasteiger partial charge in [-0.15, -0.1) is 0 Å². The van der Waals surface area contributed by atoms with Gasteiger partial charge in [-0.3, -0.25) is 9.59 Å². The molecule has 2 unspecified atom stereocenters. The average Bonchev–Trinajstić information content (AvgIpc) is 2.25. The first-order chi connectivity index (χ1) is 8.01. The fourth-order valence-electron chi connectivity index (χ4n) is 1.20. The predicted molar refractivity (Wildman–Crippen MR) is 67.0 cm³/mol. The number of rotatable bonds is 8. The third kappa shape index (κ3) is 8.00. The van der Waals surface area contributed by atoms with Gasteiger partial charge in [0, 0.05) is 26.3 Å². The van der Waals surface area contributed by atoms with Crippen molar-refractivity contribution in [3.63, 3.8) is 0 Å². The second-order valence-electron chi connectivity index (χ2n) is 3.62. The Kier molecular flexibility index (Phi) is 8.83. The van der Waals surface area contributed by atoms with Crippen molar-refractivity contribution >= 4 is 24.4 Å². The number of aliphatic hydroxyl groups excluding tert-OH is 1. The van der Waals surface area contributed by atoms with Crippen molar-refractivity contribution in [1.29, 1.82) is 0 Å². The van der Waals surface area contributed by atoms with Gasteiger partial charge in [-0.25, -0.2) is 0 Å². The molecule has 2 amide bonds. The Bertz CT molecular complexity index is 250. The lowest BCUT2D eigenvalue weighted by Gasteiger charge is -2.16. The number of carbonyl (C=O) groups excluding carboxylic acids is 2. The molecule has 0 aliphatic heterocycles. The largest absolute Gasteiger partial charge is 0.391 e. The third-order valence-electron chi connectivity index (χ3n) is 2.01. The van der Waals surface area contributed by atoms with Crippen molar-refractivity contribution in [1.82, 2.24) is 10.6 Å². The fourth-order valence-corrected chi connectivity index (χ4v) is 1.46. The summed E-state index contributed by atoms with van der Waals surface area (Å²) < 4.78 is 4.75. The third-order valence-corrected chi connectivity index (χ3v) is 2.38. The number of ether oxygens (including phenoxy) is 1. The van der Waals surface area contributed by atoms with E-state index < -0.39 is 12.1 Å². The first kappa shape index (κ1) is 16.2. The topological polar surface area (TPSA) is 87.7 Å². The number of methoxy groups -OCH3 is 1. The van der Waals surface area contributed by atoms with E-state index in [1.165, 1.54) is 14.0 Å². The zero-order valence-electron chi connectivity index (χ0n) is 10.1. The molecule has 0 saturated carbocycles. The van der Waals surface area contributed by atoms with Gasteiger partial charge >= 0.3 is 0 Å².